The zero-order valence-electron chi connectivity index (χ0n) is 14.8. The Morgan fingerprint density at radius 1 is 1.24 bits per heavy atom. The molecule has 1 atom stereocenters. The van der Waals surface area contributed by atoms with Crippen LogP contribution in [0.5, 0.6) is 5.75 Å². The first kappa shape index (κ1) is 19.0. The minimum atomic E-state index is -0.222. The van der Waals surface area contributed by atoms with E-state index in [1.54, 1.807) is 7.11 Å². The van der Waals surface area contributed by atoms with Gasteiger partial charge in [0.1, 0.15) is 10.6 Å². The minimum absolute atomic E-state index is 0.0576. The van der Waals surface area contributed by atoms with Crippen molar-refractivity contribution in [3.63, 3.8) is 0 Å². The van der Waals surface area contributed by atoms with Crippen LogP contribution < -0.4 is 15.4 Å². The summed E-state index contributed by atoms with van der Waals surface area (Å²) in [6.45, 7) is 4.26. The van der Waals surface area contributed by atoms with E-state index in [1.165, 1.54) is 11.3 Å². The fourth-order valence-corrected chi connectivity index (χ4v) is 3.30. The Balaban J connectivity index is 1.97. The number of amides is 2. The van der Waals surface area contributed by atoms with Gasteiger partial charge >= 0.3 is 0 Å². The van der Waals surface area contributed by atoms with Crippen molar-refractivity contribution in [3.05, 3.63) is 41.3 Å². The topological polar surface area (TPSA) is 67.4 Å². The first-order chi connectivity index (χ1) is 12.0. The molecule has 6 heteroatoms. The molecular weight excluding hydrogens is 336 g/mol. The average molecular weight is 360 g/mol. The summed E-state index contributed by atoms with van der Waals surface area (Å²) in [5.41, 5.74) is 1.04. The Hall–Kier alpha value is -2.34. The molecule has 2 N–H and O–H groups in total. The molecule has 0 aliphatic heterocycles. The summed E-state index contributed by atoms with van der Waals surface area (Å²) >= 11 is 1.38. The lowest BCUT2D eigenvalue weighted by molar-refractivity contribution is -0.121. The van der Waals surface area contributed by atoms with Crippen LogP contribution in [-0.4, -0.2) is 31.5 Å². The molecule has 134 valence electrons. The summed E-state index contributed by atoms with van der Waals surface area (Å²) in [5.74, 6) is 0.267. The van der Waals surface area contributed by atoms with Gasteiger partial charge in [-0.05, 0) is 25.0 Å². The number of ether oxygens (including phenoxy) is 1. The monoisotopic (exact) mass is 360 g/mol. The Morgan fingerprint density at radius 2 is 1.96 bits per heavy atom. The largest absolute Gasteiger partial charge is 0.495 e. The predicted molar refractivity (Wildman–Crippen MR) is 101 cm³/mol. The van der Waals surface area contributed by atoms with Gasteiger partial charge in [0.15, 0.2) is 0 Å². The number of hydrogen-bond acceptors (Lipinski definition) is 4. The molecule has 0 saturated heterocycles. The van der Waals surface area contributed by atoms with Crippen molar-refractivity contribution in [2.75, 3.05) is 13.7 Å². The highest BCUT2D eigenvalue weighted by Crippen LogP contribution is 2.36. The molecule has 0 fully saturated rings. The molecule has 2 amide bonds. The molecule has 5 nitrogen and oxygen atoms in total. The second kappa shape index (κ2) is 9.22. The molecule has 2 aromatic rings. The van der Waals surface area contributed by atoms with E-state index in [4.69, 9.17) is 4.74 Å². The smallest absolute Gasteiger partial charge is 0.265 e. The summed E-state index contributed by atoms with van der Waals surface area (Å²) in [7, 11) is 1.55. The van der Waals surface area contributed by atoms with E-state index in [1.807, 2.05) is 50.2 Å². The van der Waals surface area contributed by atoms with Crippen LogP contribution in [-0.2, 0) is 4.79 Å². The first-order valence-electron chi connectivity index (χ1n) is 8.36. The number of nitrogens with one attached hydrogen (secondary N) is 2. The molecule has 25 heavy (non-hydrogen) atoms. The normalized spacial score (nSPS) is 11.6. The second-order valence-corrected chi connectivity index (χ2v) is 6.81. The highest BCUT2D eigenvalue weighted by atomic mass is 32.1. The van der Waals surface area contributed by atoms with E-state index < -0.39 is 0 Å². The van der Waals surface area contributed by atoms with Crippen LogP contribution in [0.4, 0.5) is 0 Å². The SMILES string of the molecule is CCC(C)NC(=O)CCNC(=O)c1sc(-c2ccccc2)cc1OC. The average Bonchev–Trinajstić information content (AvgIpc) is 3.06. The van der Waals surface area contributed by atoms with Crippen LogP contribution in [0.3, 0.4) is 0 Å². The van der Waals surface area contributed by atoms with Gasteiger partial charge in [-0.1, -0.05) is 37.3 Å². The zero-order chi connectivity index (χ0) is 18.2. The van der Waals surface area contributed by atoms with Crippen molar-refractivity contribution in [2.45, 2.75) is 32.7 Å². The number of rotatable bonds is 8. The highest BCUT2D eigenvalue weighted by molar-refractivity contribution is 7.17. The van der Waals surface area contributed by atoms with E-state index in [2.05, 4.69) is 10.6 Å². The van der Waals surface area contributed by atoms with Crippen LogP contribution in [0.2, 0.25) is 0 Å². The Labute approximate surface area is 152 Å². The van der Waals surface area contributed by atoms with Gasteiger partial charge in [0.05, 0.1) is 7.11 Å². The van der Waals surface area contributed by atoms with Gasteiger partial charge in [-0.15, -0.1) is 11.3 Å². The van der Waals surface area contributed by atoms with Crippen molar-refractivity contribution in [1.82, 2.24) is 10.6 Å². The summed E-state index contributed by atoms with van der Waals surface area (Å²) in [5, 5.41) is 5.67. The van der Waals surface area contributed by atoms with Gasteiger partial charge in [0, 0.05) is 23.9 Å². The van der Waals surface area contributed by atoms with E-state index in [0.29, 0.717) is 17.2 Å². The maximum Gasteiger partial charge on any atom is 0.265 e. The fraction of sp³-hybridized carbons (Fsp3) is 0.368. The number of thiophene rings is 1. The zero-order valence-corrected chi connectivity index (χ0v) is 15.6. The molecular formula is C19H24N2O3S. The highest BCUT2D eigenvalue weighted by Gasteiger charge is 2.18. The first-order valence-corrected chi connectivity index (χ1v) is 9.17. The lowest BCUT2D eigenvalue weighted by Crippen LogP contribution is -2.35. The number of benzene rings is 1. The maximum atomic E-state index is 12.4. The van der Waals surface area contributed by atoms with Gasteiger partial charge < -0.3 is 15.4 Å². The van der Waals surface area contributed by atoms with Crippen LogP contribution in [0.1, 0.15) is 36.4 Å². The molecule has 0 saturated carbocycles. The van der Waals surface area contributed by atoms with Crippen molar-refractivity contribution in [3.8, 4) is 16.2 Å². The number of hydrogen-bond donors (Lipinski definition) is 2. The number of methoxy groups -OCH3 is 1. The van der Waals surface area contributed by atoms with E-state index in [9.17, 15) is 9.59 Å². The minimum Gasteiger partial charge on any atom is -0.495 e. The van der Waals surface area contributed by atoms with Crippen molar-refractivity contribution >= 4 is 23.2 Å². The molecule has 1 aromatic heterocycles. The van der Waals surface area contributed by atoms with Crippen molar-refractivity contribution in [1.29, 1.82) is 0 Å². The molecule has 0 aliphatic rings. The van der Waals surface area contributed by atoms with Crippen LogP contribution in [0.15, 0.2) is 36.4 Å². The lowest BCUT2D eigenvalue weighted by atomic mass is 10.2. The van der Waals surface area contributed by atoms with Crippen LogP contribution >= 0.6 is 11.3 Å². The molecule has 0 spiro atoms. The van der Waals surface area contributed by atoms with Gasteiger partial charge in [-0.3, -0.25) is 9.59 Å². The number of carbonyl (C=O) groups excluding carboxylic acids is 2. The van der Waals surface area contributed by atoms with Crippen LogP contribution in [0, 0.1) is 0 Å². The van der Waals surface area contributed by atoms with Gasteiger partial charge in [0.2, 0.25) is 5.91 Å². The Bertz CT molecular complexity index is 713. The standard InChI is InChI=1S/C19H24N2O3S/c1-4-13(2)21-17(22)10-11-20-19(23)18-15(24-3)12-16(25-18)14-8-6-5-7-9-14/h5-9,12-13H,4,10-11H2,1-3H3,(H,20,23)(H,21,22). The van der Waals surface area contributed by atoms with Crippen molar-refractivity contribution in [2.24, 2.45) is 0 Å². The van der Waals surface area contributed by atoms with Gasteiger partial charge in [-0.25, -0.2) is 0 Å². The molecule has 1 unspecified atom stereocenters. The third-order valence-corrected chi connectivity index (χ3v) is 5.00. The lowest BCUT2D eigenvalue weighted by Gasteiger charge is -2.11. The second-order valence-electron chi connectivity index (χ2n) is 5.76. The summed E-state index contributed by atoms with van der Waals surface area (Å²) in [6, 6.07) is 11.9. The fourth-order valence-electron chi connectivity index (χ4n) is 2.25. The molecule has 0 bridgehead atoms. The molecule has 1 aromatic carbocycles. The van der Waals surface area contributed by atoms with E-state index >= 15 is 0 Å². The third kappa shape index (κ3) is 5.32. The van der Waals surface area contributed by atoms with E-state index in [-0.39, 0.29) is 24.3 Å². The molecule has 0 radical (unpaired) electrons. The summed E-state index contributed by atoms with van der Waals surface area (Å²) < 4.78 is 5.33. The van der Waals surface area contributed by atoms with Crippen molar-refractivity contribution < 1.29 is 14.3 Å². The molecule has 2 rings (SSSR count). The molecule has 1 heterocycles. The summed E-state index contributed by atoms with van der Waals surface area (Å²) in [4.78, 5) is 25.7. The number of carbonyl (C=O) groups is 2. The third-order valence-electron chi connectivity index (χ3n) is 3.84. The molecule has 0 aliphatic carbocycles. The quantitative estimate of drug-likeness (QED) is 0.757. The van der Waals surface area contributed by atoms with Gasteiger partial charge in [0.25, 0.3) is 5.91 Å². The van der Waals surface area contributed by atoms with E-state index in [0.717, 1.165) is 16.9 Å². The Morgan fingerprint density at radius 3 is 2.60 bits per heavy atom. The van der Waals surface area contributed by atoms with Crippen LogP contribution in [0.25, 0.3) is 10.4 Å². The predicted octanol–water partition coefficient (Wildman–Crippen LogP) is 3.46. The Kier molecular flexibility index (Phi) is 7.01. The maximum absolute atomic E-state index is 12.4. The summed E-state index contributed by atoms with van der Waals surface area (Å²) in [6.07, 6.45) is 1.14. The van der Waals surface area contributed by atoms with Gasteiger partial charge in [-0.2, -0.15) is 0 Å².